The number of primary amides is 2. The van der Waals surface area contributed by atoms with E-state index in [1.807, 2.05) is 0 Å². The Bertz CT molecular complexity index is 416. The number of benzene rings is 1. The average molecular weight is 210 g/mol. The molecule has 7 nitrogen and oxygen atoms in total. The van der Waals surface area contributed by atoms with Crippen molar-refractivity contribution < 1.29 is 14.8 Å². The van der Waals surface area contributed by atoms with E-state index in [9.17, 15) is 14.8 Å². The van der Waals surface area contributed by atoms with Crippen LogP contribution < -0.4 is 16.7 Å². The maximum Gasteiger partial charge on any atom is 0.250 e. The number of carbonyl (C=O) groups excluding carboxylic acids is 2. The van der Waals surface area contributed by atoms with Crippen molar-refractivity contribution in [2.45, 2.75) is 0 Å². The van der Waals surface area contributed by atoms with Gasteiger partial charge in [-0.25, -0.2) is 0 Å². The predicted molar refractivity (Wildman–Crippen MR) is 51.1 cm³/mol. The van der Waals surface area contributed by atoms with Crippen LogP contribution in [0, 0.1) is 5.21 Å². The van der Waals surface area contributed by atoms with Crippen molar-refractivity contribution >= 4 is 17.5 Å². The van der Waals surface area contributed by atoms with E-state index in [-0.39, 0.29) is 11.1 Å². The smallest absolute Gasteiger partial charge is 0.250 e. The van der Waals surface area contributed by atoms with Gasteiger partial charge in [0.25, 0.3) is 5.91 Å². The number of rotatable bonds is 3. The van der Waals surface area contributed by atoms with E-state index >= 15 is 0 Å². The Labute approximate surface area is 84.4 Å². The van der Waals surface area contributed by atoms with E-state index in [0.717, 1.165) is 12.1 Å². The monoisotopic (exact) mass is 210 g/mol. The third-order valence-electron chi connectivity index (χ3n) is 1.75. The summed E-state index contributed by atoms with van der Waals surface area (Å²) in [7, 11) is 0. The molecule has 0 radical (unpaired) electrons. The summed E-state index contributed by atoms with van der Waals surface area (Å²) in [5, 5.41) is 18.8. The minimum atomic E-state index is -0.893. The maximum absolute atomic E-state index is 10.8. The van der Waals surface area contributed by atoms with Crippen molar-refractivity contribution in [2.24, 2.45) is 11.5 Å². The molecular weight excluding hydrogens is 202 g/mol. The van der Waals surface area contributed by atoms with Crippen LogP contribution in [0.5, 0.6) is 0 Å². The van der Waals surface area contributed by atoms with Crippen LogP contribution in [-0.2, 0) is 0 Å². The molecule has 5 N–H and O–H groups in total. The lowest BCUT2D eigenvalue weighted by Gasteiger charge is -2.23. The molecule has 1 rings (SSSR count). The summed E-state index contributed by atoms with van der Waals surface area (Å²) in [6.45, 7) is 0. The van der Waals surface area contributed by atoms with Gasteiger partial charge in [-0.1, -0.05) is 0 Å². The molecule has 0 atom stereocenters. The zero-order valence-electron chi connectivity index (χ0n) is 7.51. The normalized spacial score (nSPS) is 9.73. The van der Waals surface area contributed by atoms with Gasteiger partial charge in [-0.3, -0.25) is 14.8 Å². The SMILES string of the molecule is NC(=O)c1ccc(C(N)=O)c(N([O-])O)c1. The molecule has 0 heterocycles. The Morgan fingerprint density at radius 1 is 1.27 bits per heavy atom. The van der Waals surface area contributed by atoms with E-state index in [2.05, 4.69) is 0 Å². The average Bonchev–Trinajstić information content (AvgIpc) is 2.16. The Balaban J connectivity index is 3.33. The summed E-state index contributed by atoms with van der Waals surface area (Å²) in [6.07, 6.45) is 0. The summed E-state index contributed by atoms with van der Waals surface area (Å²) in [5.74, 6) is -1.68. The van der Waals surface area contributed by atoms with Crippen LogP contribution in [0.1, 0.15) is 20.7 Å². The number of anilines is 1. The summed E-state index contributed by atoms with van der Waals surface area (Å²) >= 11 is 0. The van der Waals surface area contributed by atoms with Crippen LogP contribution in [0.25, 0.3) is 0 Å². The second-order valence-electron chi connectivity index (χ2n) is 2.73. The fraction of sp³-hybridized carbons (Fsp3) is 0. The molecule has 0 saturated heterocycles. The van der Waals surface area contributed by atoms with Crippen molar-refractivity contribution in [1.29, 1.82) is 0 Å². The van der Waals surface area contributed by atoms with Gasteiger partial charge >= 0.3 is 0 Å². The summed E-state index contributed by atoms with van der Waals surface area (Å²) in [6, 6.07) is 3.35. The van der Waals surface area contributed by atoms with Gasteiger partial charge in [-0.15, -0.1) is 0 Å². The minimum Gasteiger partial charge on any atom is -0.733 e. The topological polar surface area (TPSA) is 133 Å². The number of nitrogens with zero attached hydrogens (tertiary/aromatic N) is 1. The molecule has 1 aromatic rings. The first kappa shape index (κ1) is 11.0. The van der Waals surface area contributed by atoms with E-state index in [1.165, 1.54) is 6.07 Å². The first-order chi connectivity index (χ1) is 6.93. The van der Waals surface area contributed by atoms with Gasteiger partial charge in [0.2, 0.25) is 5.91 Å². The molecule has 0 aromatic heterocycles. The summed E-state index contributed by atoms with van der Waals surface area (Å²) in [5.41, 5.74) is 9.27. The summed E-state index contributed by atoms with van der Waals surface area (Å²) < 4.78 is 0. The van der Waals surface area contributed by atoms with Crippen LogP contribution >= 0.6 is 0 Å². The number of amides is 2. The zero-order chi connectivity index (χ0) is 11.6. The van der Waals surface area contributed by atoms with Crippen molar-refractivity contribution in [3.05, 3.63) is 34.5 Å². The van der Waals surface area contributed by atoms with Gasteiger partial charge in [-0.05, 0) is 18.2 Å². The van der Waals surface area contributed by atoms with Gasteiger partial charge in [0.1, 0.15) is 0 Å². The molecule has 0 fully saturated rings. The molecule has 0 aliphatic heterocycles. The molecule has 0 aliphatic rings. The highest BCUT2D eigenvalue weighted by atomic mass is 16.8. The first-order valence-electron chi connectivity index (χ1n) is 3.83. The summed E-state index contributed by atoms with van der Waals surface area (Å²) in [4.78, 5) is 21.6. The van der Waals surface area contributed by atoms with Gasteiger partial charge in [0.05, 0.1) is 11.3 Å². The molecule has 0 aliphatic carbocycles. The molecule has 0 bridgehead atoms. The molecule has 0 saturated carbocycles. The molecule has 2 amide bonds. The standard InChI is InChI=1S/C8H8N3O4/c9-7(12)4-1-2-5(8(10)13)6(3-4)11(14)15/h1-3,14H,(H2,9,12)(H2,10,13)/q-1. The highest BCUT2D eigenvalue weighted by Crippen LogP contribution is 2.20. The van der Waals surface area contributed by atoms with Crippen LogP contribution in [-0.4, -0.2) is 17.0 Å². The Morgan fingerprint density at radius 3 is 2.27 bits per heavy atom. The number of hydrogen-bond donors (Lipinski definition) is 3. The van der Waals surface area contributed by atoms with Crippen LogP contribution in [0.4, 0.5) is 5.69 Å². The second kappa shape index (κ2) is 3.95. The van der Waals surface area contributed by atoms with Crippen LogP contribution in [0.3, 0.4) is 0 Å². The van der Waals surface area contributed by atoms with E-state index in [1.54, 1.807) is 0 Å². The lowest BCUT2D eigenvalue weighted by Crippen LogP contribution is -2.19. The van der Waals surface area contributed by atoms with Gasteiger partial charge in [0.15, 0.2) is 0 Å². The molecule has 1 aromatic carbocycles. The molecule has 80 valence electrons. The fourth-order valence-electron chi connectivity index (χ4n) is 1.05. The van der Waals surface area contributed by atoms with E-state index in [4.69, 9.17) is 16.7 Å². The van der Waals surface area contributed by atoms with E-state index < -0.39 is 22.7 Å². The zero-order valence-corrected chi connectivity index (χ0v) is 7.51. The lowest BCUT2D eigenvalue weighted by molar-refractivity contribution is 0.0988. The number of hydrogen-bond acceptors (Lipinski definition) is 5. The van der Waals surface area contributed by atoms with Crippen molar-refractivity contribution in [3.8, 4) is 0 Å². The Morgan fingerprint density at radius 2 is 1.87 bits per heavy atom. The quantitative estimate of drug-likeness (QED) is 0.582. The Kier molecular flexibility index (Phi) is 2.88. The molecule has 15 heavy (non-hydrogen) atoms. The van der Waals surface area contributed by atoms with Gasteiger partial charge in [-0.2, -0.15) is 0 Å². The molecule has 0 spiro atoms. The largest absolute Gasteiger partial charge is 0.733 e. The lowest BCUT2D eigenvalue weighted by atomic mass is 10.1. The molecule has 7 heteroatoms. The van der Waals surface area contributed by atoms with Gasteiger partial charge in [0, 0.05) is 5.56 Å². The maximum atomic E-state index is 10.8. The second-order valence-corrected chi connectivity index (χ2v) is 2.73. The highest BCUT2D eigenvalue weighted by molar-refractivity contribution is 6.01. The molecular formula is C8H8N3O4-. The fourth-order valence-corrected chi connectivity index (χ4v) is 1.05. The highest BCUT2D eigenvalue weighted by Gasteiger charge is 2.11. The van der Waals surface area contributed by atoms with Crippen molar-refractivity contribution in [3.63, 3.8) is 0 Å². The number of carbonyl (C=O) groups is 2. The Hall–Kier alpha value is -2.12. The number of nitrogens with two attached hydrogens (primary N) is 2. The third kappa shape index (κ3) is 2.22. The van der Waals surface area contributed by atoms with E-state index in [0.29, 0.717) is 0 Å². The minimum absolute atomic E-state index is 0.00935. The van der Waals surface area contributed by atoms with Crippen molar-refractivity contribution in [1.82, 2.24) is 0 Å². The molecule has 0 unspecified atom stereocenters. The van der Waals surface area contributed by atoms with Gasteiger partial charge < -0.3 is 21.9 Å². The van der Waals surface area contributed by atoms with Crippen LogP contribution in [0.2, 0.25) is 0 Å². The predicted octanol–water partition coefficient (Wildman–Crippen LogP) is -0.422. The third-order valence-corrected chi connectivity index (χ3v) is 1.75. The van der Waals surface area contributed by atoms with Crippen molar-refractivity contribution in [2.75, 3.05) is 5.23 Å². The first-order valence-corrected chi connectivity index (χ1v) is 3.83. The van der Waals surface area contributed by atoms with Crippen LogP contribution in [0.15, 0.2) is 18.2 Å².